The van der Waals surface area contributed by atoms with Gasteiger partial charge in [-0.05, 0) is 35.3 Å². The summed E-state index contributed by atoms with van der Waals surface area (Å²) in [4.78, 5) is 35.3. The molecule has 9 nitrogen and oxygen atoms in total. The topological polar surface area (TPSA) is 109 Å². The molecule has 0 saturated carbocycles. The van der Waals surface area contributed by atoms with Gasteiger partial charge in [0.25, 0.3) is 11.2 Å². The molecule has 0 fully saturated rings. The maximum atomic E-state index is 13.1. The van der Waals surface area contributed by atoms with Crippen molar-refractivity contribution >= 4 is 27.3 Å². The lowest BCUT2D eigenvalue weighted by atomic mass is 10.2. The van der Waals surface area contributed by atoms with Crippen LogP contribution in [0, 0.1) is 10.1 Å². The number of rotatable bonds is 6. The second-order valence-corrected chi connectivity index (χ2v) is 8.08. The first-order valence-corrected chi connectivity index (χ1v) is 10.4. The van der Waals surface area contributed by atoms with Crippen LogP contribution in [-0.4, -0.2) is 18.4 Å². The minimum atomic E-state index is -4.85. The van der Waals surface area contributed by atoms with Crippen molar-refractivity contribution in [2.24, 2.45) is 7.05 Å². The van der Waals surface area contributed by atoms with Crippen molar-refractivity contribution in [2.45, 2.75) is 19.4 Å². The van der Waals surface area contributed by atoms with Crippen molar-refractivity contribution in [1.82, 2.24) is 13.5 Å². The molecule has 0 bridgehead atoms. The van der Waals surface area contributed by atoms with E-state index in [4.69, 9.17) is 4.74 Å². The number of alkyl halides is 3. The number of nitro groups is 1. The van der Waals surface area contributed by atoms with E-state index in [9.17, 15) is 32.9 Å². The number of hydrogen-bond donors (Lipinski definition) is 0. The SMILES string of the molecule is Cn1c(C(F)(F)F)cc(=O)n(-c2ccc3snc(COCc4cccc([N+](=O)[O-])c4)c3c2)c1=O. The van der Waals surface area contributed by atoms with Crippen LogP contribution in [0.2, 0.25) is 0 Å². The Morgan fingerprint density at radius 1 is 1.12 bits per heavy atom. The standard InChI is InChI=1S/C21H15F3N4O5S/c1-26-18(21(22,23)24)9-19(29)27(20(26)30)13-5-6-17-15(8-13)16(25-34-17)11-33-10-12-3-2-4-14(7-12)28(31)32/h2-9H,10-11H2,1H3. The van der Waals surface area contributed by atoms with Gasteiger partial charge in [0.15, 0.2) is 0 Å². The third kappa shape index (κ3) is 4.47. The van der Waals surface area contributed by atoms with Gasteiger partial charge in [-0.3, -0.25) is 19.5 Å². The van der Waals surface area contributed by atoms with Gasteiger partial charge in [-0.2, -0.15) is 17.5 Å². The van der Waals surface area contributed by atoms with E-state index >= 15 is 0 Å². The fourth-order valence-corrected chi connectivity index (χ4v) is 4.14. The summed E-state index contributed by atoms with van der Waals surface area (Å²) >= 11 is 1.15. The van der Waals surface area contributed by atoms with Crippen LogP contribution in [-0.2, 0) is 31.2 Å². The third-order valence-corrected chi connectivity index (χ3v) is 5.89. The van der Waals surface area contributed by atoms with Crippen molar-refractivity contribution in [2.75, 3.05) is 0 Å². The normalized spacial score (nSPS) is 11.8. The molecule has 4 rings (SSSR count). The van der Waals surface area contributed by atoms with Crippen molar-refractivity contribution in [3.8, 4) is 5.69 Å². The molecule has 2 aromatic carbocycles. The van der Waals surface area contributed by atoms with Crippen LogP contribution in [0.4, 0.5) is 18.9 Å². The molecule has 0 radical (unpaired) electrons. The number of benzene rings is 2. The van der Waals surface area contributed by atoms with Gasteiger partial charge in [0.05, 0.1) is 34.2 Å². The summed E-state index contributed by atoms with van der Waals surface area (Å²) in [7, 11) is 0.943. The highest BCUT2D eigenvalue weighted by Crippen LogP contribution is 2.28. The van der Waals surface area contributed by atoms with E-state index in [-0.39, 0.29) is 24.6 Å². The summed E-state index contributed by atoms with van der Waals surface area (Å²) in [6.07, 6.45) is -4.85. The zero-order chi connectivity index (χ0) is 24.6. The molecule has 0 N–H and O–H groups in total. The summed E-state index contributed by atoms with van der Waals surface area (Å²) in [6, 6.07) is 10.9. The average molecular weight is 492 g/mol. The van der Waals surface area contributed by atoms with Gasteiger partial charge in [-0.15, -0.1) is 0 Å². The predicted octanol–water partition coefficient (Wildman–Crippen LogP) is 3.79. The van der Waals surface area contributed by atoms with Gasteiger partial charge >= 0.3 is 11.9 Å². The summed E-state index contributed by atoms with van der Waals surface area (Å²) < 4.78 is 51.0. The molecule has 0 amide bonds. The van der Waals surface area contributed by atoms with E-state index in [0.29, 0.717) is 31.8 Å². The molecule has 4 aromatic rings. The summed E-state index contributed by atoms with van der Waals surface area (Å²) in [6.45, 7) is 0.116. The Labute approximate surface area is 192 Å². The predicted molar refractivity (Wildman–Crippen MR) is 117 cm³/mol. The smallest absolute Gasteiger partial charge is 0.370 e. The van der Waals surface area contributed by atoms with Crippen molar-refractivity contribution < 1.29 is 22.8 Å². The Kier molecular flexibility index (Phi) is 6.06. The Morgan fingerprint density at radius 2 is 1.88 bits per heavy atom. The molecule has 0 atom stereocenters. The first-order valence-electron chi connectivity index (χ1n) is 9.66. The summed E-state index contributed by atoms with van der Waals surface area (Å²) in [5, 5.41) is 11.5. The number of aromatic nitrogens is 3. The lowest BCUT2D eigenvalue weighted by Crippen LogP contribution is -2.40. The molecule has 34 heavy (non-hydrogen) atoms. The van der Waals surface area contributed by atoms with Gasteiger partial charge in [0.2, 0.25) is 0 Å². The van der Waals surface area contributed by atoms with Crippen LogP contribution in [0.15, 0.2) is 58.1 Å². The fraction of sp³-hybridized carbons (Fsp3) is 0.190. The maximum Gasteiger partial charge on any atom is 0.431 e. The van der Waals surface area contributed by atoms with E-state index in [0.717, 1.165) is 23.3 Å². The Bertz CT molecular complexity index is 1520. The van der Waals surface area contributed by atoms with Gasteiger partial charge in [0, 0.05) is 30.6 Å². The van der Waals surface area contributed by atoms with Crippen molar-refractivity contribution in [3.63, 3.8) is 0 Å². The lowest BCUT2D eigenvalue weighted by Gasteiger charge is -2.14. The number of ether oxygens (including phenoxy) is 1. The molecule has 0 spiro atoms. The lowest BCUT2D eigenvalue weighted by molar-refractivity contribution is -0.385. The van der Waals surface area contributed by atoms with Crippen LogP contribution in [0.25, 0.3) is 15.8 Å². The minimum absolute atomic E-state index is 0.0338. The first kappa shape index (κ1) is 23.3. The highest BCUT2D eigenvalue weighted by Gasteiger charge is 2.35. The fourth-order valence-electron chi connectivity index (χ4n) is 3.38. The van der Waals surface area contributed by atoms with Crippen LogP contribution >= 0.6 is 11.5 Å². The third-order valence-electron chi connectivity index (χ3n) is 5.03. The van der Waals surface area contributed by atoms with Gasteiger partial charge in [0.1, 0.15) is 5.69 Å². The number of fused-ring (bicyclic) bond motifs is 1. The molecule has 13 heteroatoms. The van der Waals surface area contributed by atoms with Crippen molar-refractivity contribution in [1.29, 1.82) is 0 Å². The van der Waals surface area contributed by atoms with E-state index in [1.54, 1.807) is 18.2 Å². The zero-order valence-corrected chi connectivity index (χ0v) is 18.2. The molecule has 0 aliphatic carbocycles. The molecule has 0 saturated heterocycles. The number of nitro benzene ring substituents is 1. The molecule has 0 unspecified atom stereocenters. The largest absolute Gasteiger partial charge is 0.431 e. The quantitative estimate of drug-likeness (QED) is 0.299. The summed E-state index contributed by atoms with van der Waals surface area (Å²) in [5.74, 6) is 0. The molecule has 176 valence electrons. The zero-order valence-electron chi connectivity index (χ0n) is 17.4. The van der Waals surface area contributed by atoms with Gasteiger partial charge in [-0.1, -0.05) is 12.1 Å². The molecule has 2 heterocycles. The average Bonchev–Trinajstić information content (AvgIpc) is 3.18. The molecular formula is C21H15F3N4O5S. The maximum absolute atomic E-state index is 13.1. The van der Waals surface area contributed by atoms with Gasteiger partial charge < -0.3 is 4.74 Å². The van der Waals surface area contributed by atoms with Gasteiger partial charge in [-0.25, -0.2) is 9.36 Å². The molecule has 2 aromatic heterocycles. The van der Waals surface area contributed by atoms with Crippen LogP contribution in [0.3, 0.4) is 0 Å². The van der Waals surface area contributed by atoms with Crippen LogP contribution in [0.5, 0.6) is 0 Å². The van der Waals surface area contributed by atoms with E-state index in [1.165, 1.54) is 24.3 Å². The Morgan fingerprint density at radius 3 is 2.59 bits per heavy atom. The van der Waals surface area contributed by atoms with E-state index in [2.05, 4.69) is 4.37 Å². The number of hydrogen-bond acceptors (Lipinski definition) is 7. The minimum Gasteiger partial charge on any atom is -0.370 e. The Balaban J connectivity index is 1.63. The second-order valence-electron chi connectivity index (χ2n) is 7.27. The number of nitrogens with zero attached hydrogens (tertiary/aromatic N) is 4. The Hall–Kier alpha value is -3.84. The van der Waals surface area contributed by atoms with Crippen molar-refractivity contribution in [3.05, 3.63) is 96.4 Å². The second kappa shape index (κ2) is 8.83. The molecule has 0 aliphatic heterocycles. The van der Waals surface area contributed by atoms with Crippen LogP contribution in [0.1, 0.15) is 17.0 Å². The molecule has 0 aliphatic rings. The highest BCUT2D eigenvalue weighted by molar-refractivity contribution is 7.13. The molecular weight excluding hydrogens is 477 g/mol. The van der Waals surface area contributed by atoms with Crippen LogP contribution < -0.4 is 11.2 Å². The number of non-ortho nitro benzene ring substituents is 1. The van der Waals surface area contributed by atoms with E-state index < -0.39 is 28.0 Å². The van der Waals surface area contributed by atoms with E-state index in [1.807, 2.05) is 0 Å². The number of halogens is 3. The monoisotopic (exact) mass is 492 g/mol. The first-order chi connectivity index (χ1) is 16.1. The highest BCUT2D eigenvalue weighted by atomic mass is 32.1. The summed E-state index contributed by atoms with van der Waals surface area (Å²) in [5.41, 5.74) is -2.47.